The maximum Gasteiger partial charge on any atom is 0.0580 e. The van der Waals surface area contributed by atoms with Crippen molar-refractivity contribution in [3.63, 3.8) is 0 Å². The molecule has 0 bridgehead atoms. The predicted molar refractivity (Wildman–Crippen MR) is 67.6 cm³/mol. The monoisotopic (exact) mass is 218 g/mol. The van der Waals surface area contributed by atoms with E-state index in [2.05, 4.69) is 38.1 Å². The SMILES string of the molecule is CCCc1ccc(C2CC(O)C2CC)cc1. The number of aliphatic hydroxyl groups is 1. The van der Waals surface area contributed by atoms with E-state index < -0.39 is 0 Å². The van der Waals surface area contributed by atoms with Crippen molar-refractivity contribution >= 4 is 0 Å². The average Bonchev–Trinajstić information content (AvgIpc) is 2.28. The molecule has 1 aliphatic rings. The number of aryl methyl sites for hydroxylation is 1. The predicted octanol–water partition coefficient (Wildman–Crippen LogP) is 3.51. The third-order valence-electron chi connectivity index (χ3n) is 3.92. The Morgan fingerprint density at radius 3 is 2.38 bits per heavy atom. The minimum Gasteiger partial charge on any atom is -0.393 e. The van der Waals surface area contributed by atoms with Gasteiger partial charge in [-0.2, -0.15) is 0 Å². The molecule has 0 saturated heterocycles. The van der Waals surface area contributed by atoms with Gasteiger partial charge in [-0.05, 0) is 35.8 Å². The molecule has 1 saturated carbocycles. The van der Waals surface area contributed by atoms with Crippen LogP contribution in [0.25, 0.3) is 0 Å². The molecule has 1 aromatic carbocycles. The van der Waals surface area contributed by atoms with E-state index >= 15 is 0 Å². The van der Waals surface area contributed by atoms with Crippen LogP contribution < -0.4 is 0 Å². The molecular formula is C15H22O. The third-order valence-corrected chi connectivity index (χ3v) is 3.92. The summed E-state index contributed by atoms with van der Waals surface area (Å²) in [6.07, 6.45) is 4.35. The van der Waals surface area contributed by atoms with Crippen molar-refractivity contribution in [1.82, 2.24) is 0 Å². The van der Waals surface area contributed by atoms with E-state index in [1.54, 1.807) is 0 Å². The van der Waals surface area contributed by atoms with Crippen LogP contribution in [0.4, 0.5) is 0 Å². The van der Waals surface area contributed by atoms with E-state index in [9.17, 15) is 5.11 Å². The minimum absolute atomic E-state index is 0.0645. The van der Waals surface area contributed by atoms with Crippen LogP contribution >= 0.6 is 0 Å². The highest BCUT2D eigenvalue weighted by Crippen LogP contribution is 2.44. The lowest BCUT2D eigenvalue weighted by Gasteiger charge is -2.41. The minimum atomic E-state index is -0.0645. The number of benzene rings is 1. The maximum absolute atomic E-state index is 9.68. The lowest BCUT2D eigenvalue weighted by molar-refractivity contribution is -0.000728. The first kappa shape index (κ1) is 11.7. The summed E-state index contributed by atoms with van der Waals surface area (Å²) >= 11 is 0. The molecule has 1 nitrogen and oxygen atoms in total. The standard InChI is InChI=1S/C15H22O/c1-3-5-11-6-8-12(9-7-11)14-10-15(16)13(14)4-2/h6-9,13-16H,3-5,10H2,1-2H3. The van der Waals surface area contributed by atoms with Crippen LogP contribution in [-0.4, -0.2) is 11.2 Å². The van der Waals surface area contributed by atoms with Crippen LogP contribution in [0.15, 0.2) is 24.3 Å². The smallest absolute Gasteiger partial charge is 0.0580 e. The first-order valence-electron chi connectivity index (χ1n) is 6.53. The fourth-order valence-corrected chi connectivity index (χ4v) is 2.84. The molecule has 1 fully saturated rings. The Kier molecular flexibility index (Phi) is 3.65. The molecule has 0 aromatic heterocycles. The molecule has 3 unspecified atom stereocenters. The molecule has 0 radical (unpaired) electrons. The van der Waals surface area contributed by atoms with Gasteiger partial charge in [-0.3, -0.25) is 0 Å². The molecule has 1 aromatic rings. The van der Waals surface area contributed by atoms with E-state index in [1.807, 2.05) is 0 Å². The Hall–Kier alpha value is -0.820. The van der Waals surface area contributed by atoms with Crippen LogP contribution in [-0.2, 0) is 6.42 Å². The highest BCUT2D eigenvalue weighted by molar-refractivity contribution is 5.28. The summed E-state index contributed by atoms with van der Waals surface area (Å²) in [4.78, 5) is 0. The summed E-state index contributed by atoms with van der Waals surface area (Å²) in [6.45, 7) is 4.38. The fourth-order valence-electron chi connectivity index (χ4n) is 2.84. The highest BCUT2D eigenvalue weighted by Gasteiger charge is 2.38. The average molecular weight is 218 g/mol. The van der Waals surface area contributed by atoms with Gasteiger partial charge in [0.05, 0.1) is 6.10 Å². The first-order valence-corrected chi connectivity index (χ1v) is 6.53. The summed E-state index contributed by atoms with van der Waals surface area (Å²) in [6, 6.07) is 9.00. The van der Waals surface area contributed by atoms with Crippen molar-refractivity contribution < 1.29 is 5.11 Å². The highest BCUT2D eigenvalue weighted by atomic mass is 16.3. The second-order valence-corrected chi connectivity index (χ2v) is 4.97. The fraction of sp³-hybridized carbons (Fsp3) is 0.600. The summed E-state index contributed by atoms with van der Waals surface area (Å²) < 4.78 is 0. The second kappa shape index (κ2) is 5.01. The molecule has 3 atom stereocenters. The van der Waals surface area contributed by atoms with Gasteiger partial charge in [-0.15, -0.1) is 0 Å². The Morgan fingerprint density at radius 2 is 1.88 bits per heavy atom. The third kappa shape index (κ3) is 2.15. The van der Waals surface area contributed by atoms with Gasteiger partial charge in [-0.1, -0.05) is 51.0 Å². The summed E-state index contributed by atoms with van der Waals surface area (Å²) in [5.41, 5.74) is 2.84. The zero-order chi connectivity index (χ0) is 11.5. The van der Waals surface area contributed by atoms with Crippen LogP contribution in [0.2, 0.25) is 0 Å². The Morgan fingerprint density at radius 1 is 1.19 bits per heavy atom. The summed E-state index contributed by atoms with van der Waals surface area (Å²) in [7, 11) is 0. The van der Waals surface area contributed by atoms with E-state index in [1.165, 1.54) is 24.0 Å². The molecule has 0 spiro atoms. The van der Waals surface area contributed by atoms with Gasteiger partial charge in [0.25, 0.3) is 0 Å². The van der Waals surface area contributed by atoms with Crippen molar-refractivity contribution in [2.45, 2.75) is 51.6 Å². The molecule has 0 aliphatic heterocycles. The lowest BCUT2D eigenvalue weighted by atomic mass is 9.66. The maximum atomic E-state index is 9.68. The van der Waals surface area contributed by atoms with E-state index in [0.717, 1.165) is 12.8 Å². The molecule has 1 heteroatoms. The Balaban J connectivity index is 2.05. The van der Waals surface area contributed by atoms with E-state index in [-0.39, 0.29) is 6.10 Å². The number of aliphatic hydroxyl groups excluding tert-OH is 1. The zero-order valence-electron chi connectivity index (χ0n) is 10.3. The molecule has 1 N–H and O–H groups in total. The molecule has 88 valence electrons. The van der Waals surface area contributed by atoms with Gasteiger partial charge in [0, 0.05) is 0 Å². The second-order valence-electron chi connectivity index (χ2n) is 4.97. The van der Waals surface area contributed by atoms with Crippen molar-refractivity contribution in [3.05, 3.63) is 35.4 Å². The van der Waals surface area contributed by atoms with E-state index in [4.69, 9.17) is 0 Å². The van der Waals surface area contributed by atoms with Crippen molar-refractivity contribution in [2.24, 2.45) is 5.92 Å². The molecule has 2 rings (SSSR count). The van der Waals surface area contributed by atoms with Crippen molar-refractivity contribution in [2.75, 3.05) is 0 Å². The zero-order valence-corrected chi connectivity index (χ0v) is 10.3. The molecule has 0 amide bonds. The van der Waals surface area contributed by atoms with Crippen LogP contribution in [0.3, 0.4) is 0 Å². The first-order chi connectivity index (χ1) is 7.76. The van der Waals surface area contributed by atoms with Crippen LogP contribution in [0, 0.1) is 5.92 Å². The molecular weight excluding hydrogens is 196 g/mol. The Bertz CT molecular complexity index is 328. The number of hydrogen-bond donors (Lipinski definition) is 1. The Labute approximate surface area is 98.5 Å². The van der Waals surface area contributed by atoms with Gasteiger partial charge < -0.3 is 5.11 Å². The largest absolute Gasteiger partial charge is 0.393 e. The molecule has 0 heterocycles. The molecule has 1 aliphatic carbocycles. The van der Waals surface area contributed by atoms with Crippen molar-refractivity contribution in [1.29, 1.82) is 0 Å². The number of hydrogen-bond acceptors (Lipinski definition) is 1. The summed E-state index contributed by atoms with van der Waals surface area (Å²) in [5.74, 6) is 1.08. The number of rotatable bonds is 4. The van der Waals surface area contributed by atoms with Crippen LogP contribution in [0.5, 0.6) is 0 Å². The van der Waals surface area contributed by atoms with Gasteiger partial charge in [0.2, 0.25) is 0 Å². The van der Waals surface area contributed by atoms with Gasteiger partial charge in [0.1, 0.15) is 0 Å². The molecule has 16 heavy (non-hydrogen) atoms. The lowest BCUT2D eigenvalue weighted by Crippen LogP contribution is -2.38. The van der Waals surface area contributed by atoms with Gasteiger partial charge >= 0.3 is 0 Å². The quantitative estimate of drug-likeness (QED) is 0.820. The van der Waals surface area contributed by atoms with Gasteiger partial charge in [0.15, 0.2) is 0 Å². The summed E-state index contributed by atoms with van der Waals surface area (Å²) in [5, 5.41) is 9.68. The topological polar surface area (TPSA) is 20.2 Å². The normalized spacial score (nSPS) is 28.8. The van der Waals surface area contributed by atoms with E-state index in [0.29, 0.717) is 11.8 Å². The van der Waals surface area contributed by atoms with Crippen LogP contribution in [0.1, 0.15) is 50.2 Å². The van der Waals surface area contributed by atoms with Crippen molar-refractivity contribution in [3.8, 4) is 0 Å². The van der Waals surface area contributed by atoms with Gasteiger partial charge in [-0.25, -0.2) is 0 Å².